The van der Waals surface area contributed by atoms with E-state index in [2.05, 4.69) is 38.0 Å². The molecule has 0 saturated heterocycles. The van der Waals surface area contributed by atoms with Gasteiger partial charge in [0.15, 0.2) is 5.11 Å². The molecule has 0 radical (unpaired) electrons. The van der Waals surface area contributed by atoms with E-state index < -0.39 is 0 Å². The second-order valence-corrected chi connectivity index (χ2v) is 5.20. The van der Waals surface area contributed by atoms with E-state index in [1.54, 1.807) is 0 Å². The maximum atomic E-state index is 5.34. The number of thiocarbonyl (C=S) groups is 1. The minimum Gasteiger partial charge on any atom is -0.360 e. The van der Waals surface area contributed by atoms with Gasteiger partial charge in [-0.2, -0.15) is 0 Å². The van der Waals surface area contributed by atoms with Gasteiger partial charge in [-0.15, -0.1) is 0 Å². The van der Waals surface area contributed by atoms with E-state index >= 15 is 0 Å². The van der Waals surface area contributed by atoms with Gasteiger partial charge in [0.1, 0.15) is 0 Å². The molecule has 1 N–H and O–H groups in total. The van der Waals surface area contributed by atoms with Crippen LogP contribution in [-0.4, -0.2) is 29.1 Å². The summed E-state index contributed by atoms with van der Waals surface area (Å²) in [7, 11) is 2.09. The van der Waals surface area contributed by atoms with Crippen LogP contribution in [0.4, 0.5) is 0 Å². The van der Waals surface area contributed by atoms with Gasteiger partial charge in [0.25, 0.3) is 0 Å². The third-order valence-corrected chi connectivity index (χ3v) is 3.10. The van der Waals surface area contributed by atoms with E-state index in [-0.39, 0.29) is 0 Å². The van der Waals surface area contributed by atoms with E-state index in [9.17, 15) is 0 Å². The molecule has 0 aliphatic heterocycles. The molecule has 0 aromatic rings. The summed E-state index contributed by atoms with van der Waals surface area (Å²) in [6.45, 7) is 6.74. The highest BCUT2D eigenvalue weighted by Gasteiger charge is 2.24. The second kappa shape index (κ2) is 4.96. The Kier molecular flexibility index (Phi) is 4.17. The first kappa shape index (κ1) is 11.8. The Labute approximate surface area is 93.1 Å². The molecule has 1 aliphatic carbocycles. The zero-order valence-corrected chi connectivity index (χ0v) is 10.5. The molecule has 1 saturated carbocycles. The Balaban J connectivity index is 2.29. The summed E-state index contributed by atoms with van der Waals surface area (Å²) >= 11 is 5.34. The molecule has 3 heteroatoms. The summed E-state index contributed by atoms with van der Waals surface area (Å²) in [6.07, 6.45) is 3.77. The highest BCUT2D eigenvalue weighted by molar-refractivity contribution is 7.80. The Morgan fingerprint density at radius 1 is 1.43 bits per heavy atom. The zero-order valence-electron chi connectivity index (χ0n) is 9.71. The van der Waals surface area contributed by atoms with Crippen molar-refractivity contribution in [1.82, 2.24) is 10.2 Å². The van der Waals surface area contributed by atoms with Crippen LogP contribution in [0.15, 0.2) is 0 Å². The van der Waals surface area contributed by atoms with Gasteiger partial charge >= 0.3 is 0 Å². The number of hydrogen-bond acceptors (Lipinski definition) is 1. The van der Waals surface area contributed by atoms with Crippen molar-refractivity contribution >= 4 is 17.3 Å². The van der Waals surface area contributed by atoms with Crippen molar-refractivity contribution in [1.29, 1.82) is 0 Å². The molecule has 0 amide bonds. The van der Waals surface area contributed by atoms with E-state index in [4.69, 9.17) is 12.2 Å². The van der Waals surface area contributed by atoms with Gasteiger partial charge in [-0.05, 0) is 44.3 Å². The summed E-state index contributed by atoms with van der Waals surface area (Å²) in [6, 6.07) is 1.20. The maximum Gasteiger partial charge on any atom is 0.169 e. The number of nitrogens with zero attached hydrogens (tertiary/aromatic N) is 1. The number of hydrogen-bond donors (Lipinski definition) is 1. The topological polar surface area (TPSA) is 15.3 Å². The molecule has 82 valence electrons. The minimum absolute atomic E-state index is 0.536. The first-order valence-electron chi connectivity index (χ1n) is 5.54. The molecular weight excluding hydrogens is 192 g/mol. The quantitative estimate of drug-likeness (QED) is 0.723. The Morgan fingerprint density at radius 2 is 2.00 bits per heavy atom. The Morgan fingerprint density at radius 3 is 2.43 bits per heavy atom. The predicted octanol–water partition coefficient (Wildman–Crippen LogP) is 2.39. The monoisotopic (exact) mass is 214 g/mol. The fraction of sp³-hybridized carbons (Fsp3) is 0.909. The average Bonchev–Trinajstić information content (AvgIpc) is 2.85. The molecule has 1 rings (SSSR count). The molecule has 0 bridgehead atoms. The summed E-state index contributed by atoms with van der Waals surface area (Å²) in [4.78, 5) is 2.19. The van der Waals surface area contributed by atoms with Crippen LogP contribution in [0.1, 0.15) is 40.0 Å². The van der Waals surface area contributed by atoms with E-state index in [1.165, 1.54) is 19.3 Å². The molecule has 1 aliphatic rings. The normalized spacial score (nSPS) is 18.1. The summed E-state index contributed by atoms with van der Waals surface area (Å²) < 4.78 is 0. The van der Waals surface area contributed by atoms with Gasteiger partial charge in [0, 0.05) is 19.1 Å². The molecule has 0 aromatic carbocycles. The molecule has 0 spiro atoms. The van der Waals surface area contributed by atoms with E-state index in [1.807, 2.05) is 0 Å². The molecule has 14 heavy (non-hydrogen) atoms. The highest BCUT2D eigenvalue weighted by atomic mass is 32.1. The molecule has 0 heterocycles. The van der Waals surface area contributed by atoms with Crippen LogP contribution in [0, 0.1) is 5.92 Å². The fourth-order valence-corrected chi connectivity index (χ4v) is 1.89. The van der Waals surface area contributed by atoms with Gasteiger partial charge in [-0.3, -0.25) is 0 Å². The van der Waals surface area contributed by atoms with Crippen LogP contribution in [0.2, 0.25) is 0 Å². The van der Waals surface area contributed by atoms with Crippen LogP contribution < -0.4 is 5.32 Å². The molecule has 1 atom stereocenters. The van der Waals surface area contributed by atoms with Crippen molar-refractivity contribution in [2.24, 2.45) is 5.92 Å². The van der Waals surface area contributed by atoms with Crippen LogP contribution in [0.25, 0.3) is 0 Å². The first-order valence-corrected chi connectivity index (χ1v) is 5.95. The second-order valence-electron chi connectivity index (χ2n) is 4.81. The third kappa shape index (κ3) is 3.82. The Hall–Kier alpha value is -0.310. The van der Waals surface area contributed by atoms with Crippen molar-refractivity contribution in [3.63, 3.8) is 0 Å². The van der Waals surface area contributed by atoms with Gasteiger partial charge in [0.05, 0.1) is 0 Å². The van der Waals surface area contributed by atoms with Gasteiger partial charge in [-0.25, -0.2) is 0 Å². The van der Waals surface area contributed by atoms with Crippen molar-refractivity contribution in [2.45, 2.75) is 52.1 Å². The lowest BCUT2D eigenvalue weighted by Crippen LogP contribution is -2.43. The molecule has 0 aromatic heterocycles. The van der Waals surface area contributed by atoms with Gasteiger partial charge in [0.2, 0.25) is 0 Å². The lowest BCUT2D eigenvalue weighted by atomic mass is 10.0. The lowest BCUT2D eigenvalue weighted by Gasteiger charge is -2.29. The minimum atomic E-state index is 0.536. The van der Waals surface area contributed by atoms with Crippen LogP contribution in [0.5, 0.6) is 0 Å². The molecular formula is C11H22N2S. The number of rotatable bonds is 4. The van der Waals surface area contributed by atoms with E-state index in [0.29, 0.717) is 12.1 Å². The molecule has 1 unspecified atom stereocenters. The number of nitrogens with one attached hydrogen (secondary N) is 1. The van der Waals surface area contributed by atoms with Crippen molar-refractivity contribution in [2.75, 3.05) is 7.05 Å². The third-order valence-electron chi connectivity index (χ3n) is 2.70. The van der Waals surface area contributed by atoms with Crippen LogP contribution in [-0.2, 0) is 0 Å². The summed E-state index contributed by atoms with van der Waals surface area (Å²) in [5, 5.41) is 4.28. The lowest BCUT2D eigenvalue weighted by molar-refractivity contribution is 0.329. The largest absolute Gasteiger partial charge is 0.360 e. The SMILES string of the molecule is CC(C)CC(C)N(C)C(=S)NC1CC1. The van der Waals surface area contributed by atoms with Crippen LogP contribution in [0.3, 0.4) is 0 Å². The summed E-state index contributed by atoms with van der Waals surface area (Å²) in [5.74, 6) is 0.733. The highest BCUT2D eigenvalue weighted by Crippen LogP contribution is 2.19. The van der Waals surface area contributed by atoms with Gasteiger partial charge in [-0.1, -0.05) is 13.8 Å². The van der Waals surface area contributed by atoms with Crippen molar-refractivity contribution < 1.29 is 0 Å². The standard InChI is InChI=1S/C11H22N2S/c1-8(2)7-9(3)13(4)11(14)12-10-5-6-10/h8-10H,5-7H2,1-4H3,(H,12,14). The smallest absolute Gasteiger partial charge is 0.169 e. The van der Waals surface area contributed by atoms with Crippen LogP contribution >= 0.6 is 12.2 Å². The van der Waals surface area contributed by atoms with Crippen molar-refractivity contribution in [3.8, 4) is 0 Å². The molecule has 2 nitrogen and oxygen atoms in total. The first-order chi connectivity index (χ1) is 6.50. The van der Waals surface area contributed by atoms with Gasteiger partial charge < -0.3 is 10.2 Å². The molecule has 1 fully saturated rings. The fourth-order valence-electron chi connectivity index (χ4n) is 1.54. The van der Waals surface area contributed by atoms with Crippen molar-refractivity contribution in [3.05, 3.63) is 0 Å². The summed E-state index contributed by atoms with van der Waals surface area (Å²) in [5.41, 5.74) is 0. The predicted molar refractivity (Wildman–Crippen MR) is 65.4 cm³/mol. The Bertz CT molecular complexity index is 199. The van der Waals surface area contributed by atoms with E-state index in [0.717, 1.165) is 11.0 Å². The zero-order chi connectivity index (χ0) is 10.7. The maximum absolute atomic E-state index is 5.34. The average molecular weight is 214 g/mol.